The predicted molar refractivity (Wildman–Crippen MR) is 127 cm³/mol. The Labute approximate surface area is 185 Å². The van der Waals surface area contributed by atoms with Gasteiger partial charge in [0.15, 0.2) is 0 Å². The van der Waals surface area contributed by atoms with Gasteiger partial charge in [-0.25, -0.2) is 9.36 Å². The number of ether oxygens (including phenoxy) is 1. The molecule has 0 saturated heterocycles. The third-order valence-corrected chi connectivity index (χ3v) is 5.61. The van der Waals surface area contributed by atoms with Gasteiger partial charge in [0.1, 0.15) is 11.5 Å². The van der Waals surface area contributed by atoms with E-state index in [1.54, 1.807) is 0 Å². The van der Waals surface area contributed by atoms with Crippen LogP contribution in [0, 0.1) is 6.92 Å². The molecule has 0 bridgehead atoms. The Morgan fingerprint density at radius 2 is 1.34 bits per heavy atom. The van der Waals surface area contributed by atoms with Crippen molar-refractivity contribution in [1.82, 2.24) is 19.6 Å². The summed E-state index contributed by atoms with van der Waals surface area (Å²) in [5.41, 5.74) is 4.96. The molecule has 0 unspecified atom stereocenters. The van der Waals surface area contributed by atoms with E-state index in [1.165, 1.54) is 0 Å². The number of aryl methyl sites for hydroxylation is 1. The molecule has 0 atom stereocenters. The first-order chi connectivity index (χ1) is 15.7. The van der Waals surface area contributed by atoms with E-state index in [0.717, 1.165) is 50.4 Å². The van der Waals surface area contributed by atoms with Gasteiger partial charge in [-0.2, -0.15) is 10.2 Å². The number of aromatic nitrogens is 4. The minimum absolute atomic E-state index is 0.751. The minimum Gasteiger partial charge on any atom is -0.457 e. The summed E-state index contributed by atoms with van der Waals surface area (Å²) >= 11 is 0. The fourth-order valence-electron chi connectivity index (χ4n) is 4.02. The monoisotopic (exact) mass is 416 g/mol. The molecule has 0 aliphatic carbocycles. The second kappa shape index (κ2) is 7.39. The second-order valence-electron chi connectivity index (χ2n) is 7.74. The van der Waals surface area contributed by atoms with Crippen molar-refractivity contribution >= 4 is 21.8 Å². The maximum atomic E-state index is 6.21. The van der Waals surface area contributed by atoms with Gasteiger partial charge in [0, 0.05) is 34.8 Å². The Morgan fingerprint density at radius 1 is 0.656 bits per heavy atom. The van der Waals surface area contributed by atoms with Gasteiger partial charge in [0.25, 0.3) is 0 Å². The third-order valence-electron chi connectivity index (χ3n) is 5.61. The van der Waals surface area contributed by atoms with E-state index in [2.05, 4.69) is 24.2 Å². The molecule has 5 nitrogen and oxygen atoms in total. The van der Waals surface area contributed by atoms with Crippen LogP contribution in [0.15, 0.2) is 103 Å². The maximum absolute atomic E-state index is 6.21. The van der Waals surface area contributed by atoms with E-state index < -0.39 is 0 Å². The molecule has 0 fully saturated rings. The smallest absolute Gasteiger partial charge is 0.129 e. The summed E-state index contributed by atoms with van der Waals surface area (Å²) in [6.07, 6.45) is 2.03. The summed E-state index contributed by atoms with van der Waals surface area (Å²) in [5, 5.41) is 11.7. The van der Waals surface area contributed by atoms with Crippen LogP contribution in [0.2, 0.25) is 0 Å². The lowest BCUT2D eigenvalue weighted by atomic mass is 10.2. The first-order valence-electron chi connectivity index (χ1n) is 10.5. The molecule has 2 heterocycles. The first-order valence-corrected chi connectivity index (χ1v) is 10.5. The Hall–Kier alpha value is -4.38. The van der Waals surface area contributed by atoms with Crippen molar-refractivity contribution in [2.45, 2.75) is 6.92 Å². The molecule has 2 aromatic heterocycles. The van der Waals surface area contributed by atoms with Crippen LogP contribution < -0.4 is 4.74 Å². The quantitative estimate of drug-likeness (QED) is 0.331. The molecule has 0 spiro atoms. The number of fused-ring (bicyclic) bond motifs is 2. The van der Waals surface area contributed by atoms with Crippen LogP contribution in [0.3, 0.4) is 0 Å². The summed E-state index contributed by atoms with van der Waals surface area (Å²) < 4.78 is 10.1. The number of benzene rings is 4. The fraction of sp³-hybridized carbons (Fsp3) is 0.0370. The number of nitrogens with zero attached hydrogens (tertiary/aromatic N) is 4. The third kappa shape index (κ3) is 3.20. The van der Waals surface area contributed by atoms with Gasteiger partial charge < -0.3 is 4.74 Å². The summed E-state index contributed by atoms with van der Waals surface area (Å²) in [5.74, 6) is 1.51. The van der Waals surface area contributed by atoms with Crippen LogP contribution in [0.5, 0.6) is 11.5 Å². The van der Waals surface area contributed by atoms with Crippen LogP contribution in [0.1, 0.15) is 5.69 Å². The molecular formula is C27H20N4O. The Morgan fingerprint density at radius 3 is 2.12 bits per heavy atom. The van der Waals surface area contributed by atoms with Crippen molar-refractivity contribution in [3.05, 3.63) is 109 Å². The van der Waals surface area contributed by atoms with Crippen LogP contribution in [-0.2, 0) is 0 Å². The van der Waals surface area contributed by atoms with Gasteiger partial charge in [-0.15, -0.1) is 0 Å². The van der Waals surface area contributed by atoms with Crippen LogP contribution in [0.25, 0.3) is 33.2 Å². The highest BCUT2D eigenvalue weighted by Crippen LogP contribution is 2.27. The SMILES string of the molecule is Cc1c2ccccc2nn1-c1cccc(Oc2cccc(-n3cc4ccccc4n3)c2)c1. The highest BCUT2D eigenvalue weighted by Gasteiger charge is 2.10. The molecule has 6 rings (SSSR count). The van der Waals surface area contributed by atoms with Crippen molar-refractivity contribution in [2.75, 3.05) is 0 Å². The molecule has 154 valence electrons. The summed E-state index contributed by atoms with van der Waals surface area (Å²) in [4.78, 5) is 0. The van der Waals surface area contributed by atoms with Crippen molar-refractivity contribution in [1.29, 1.82) is 0 Å². The van der Waals surface area contributed by atoms with Gasteiger partial charge in [-0.1, -0.05) is 48.5 Å². The topological polar surface area (TPSA) is 44.9 Å². The molecule has 6 aromatic rings. The Balaban J connectivity index is 1.32. The maximum Gasteiger partial charge on any atom is 0.129 e. The zero-order valence-electron chi connectivity index (χ0n) is 17.5. The average Bonchev–Trinajstić information content (AvgIpc) is 3.41. The molecule has 0 radical (unpaired) electrons. The lowest BCUT2D eigenvalue weighted by Crippen LogP contribution is -1.99. The second-order valence-corrected chi connectivity index (χ2v) is 7.74. The molecule has 0 aliphatic heterocycles. The van der Waals surface area contributed by atoms with E-state index in [-0.39, 0.29) is 0 Å². The number of hydrogen-bond donors (Lipinski definition) is 0. The lowest BCUT2D eigenvalue weighted by molar-refractivity contribution is 0.481. The summed E-state index contributed by atoms with van der Waals surface area (Å²) in [6.45, 7) is 2.08. The lowest BCUT2D eigenvalue weighted by Gasteiger charge is -2.10. The zero-order chi connectivity index (χ0) is 21.5. The van der Waals surface area contributed by atoms with Gasteiger partial charge >= 0.3 is 0 Å². The average molecular weight is 416 g/mol. The van der Waals surface area contributed by atoms with E-state index in [4.69, 9.17) is 9.84 Å². The molecule has 4 aromatic carbocycles. The first kappa shape index (κ1) is 18.4. The Bertz CT molecular complexity index is 1540. The van der Waals surface area contributed by atoms with Crippen molar-refractivity contribution < 1.29 is 4.74 Å². The normalized spacial score (nSPS) is 11.3. The highest BCUT2D eigenvalue weighted by molar-refractivity contribution is 5.82. The van der Waals surface area contributed by atoms with E-state index >= 15 is 0 Å². The van der Waals surface area contributed by atoms with Crippen molar-refractivity contribution in [3.8, 4) is 22.9 Å². The highest BCUT2D eigenvalue weighted by atomic mass is 16.5. The van der Waals surface area contributed by atoms with Gasteiger partial charge in [0.05, 0.1) is 22.4 Å². The molecule has 0 aliphatic rings. The molecule has 5 heteroatoms. The molecule has 0 saturated carbocycles. The van der Waals surface area contributed by atoms with Crippen LogP contribution >= 0.6 is 0 Å². The standard InChI is InChI=1S/C27H20N4O/c1-19-25-13-3-5-15-27(25)29-31(19)22-10-7-12-24(17-22)32-23-11-6-9-21(16-23)30-18-20-8-2-4-14-26(20)28-30/h2-18H,1H3. The van der Waals surface area contributed by atoms with Crippen molar-refractivity contribution in [2.24, 2.45) is 0 Å². The largest absolute Gasteiger partial charge is 0.457 e. The summed E-state index contributed by atoms with van der Waals surface area (Å²) in [7, 11) is 0. The van der Waals surface area contributed by atoms with Gasteiger partial charge in [-0.3, -0.25) is 0 Å². The van der Waals surface area contributed by atoms with E-state index in [9.17, 15) is 0 Å². The predicted octanol–water partition coefficient (Wildman–Crippen LogP) is 6.47. The zero-order valence-corrected chi connectivity index (χ0v) is 17.5. The fourth-order valence-corrected chi connectivity index (χ4v) is 4.02. The molecule has 0 N–H and O–H groups in total. The molecular weight excluding hydrogens is 396 g/mol. The van der Waals surface area contributed by atoms with E-state index in [1.807, 2.05) is 100 Å². The Kier molecular flexibility index (Phi) is 4.25. The molecule has 0 amide bonds. The van der Waals surface area contributed by atoms with Crippen LogP contribution in [-0.4, -0.2) is 19.6 Å². The summed E-state index contributed by atoms with van der Waals surface area (Å²) in [6, 6.07) is 32.2. The van der Waals surface area contributed by atoms with E-state index in [0.29, 0.717) is 0 Å². The number of rotatable bonds is 4. The van der Waals surface area contributed by atoms with Crippen LogP contribution in [0.4, 0.5) is 0 Å². The number of hydrogen-bond acceptors (Lipinski definition) is 3. The van der Waals surface area contributed by atoms with Gasteiger partial charge in [0.2, 0.25) is 0 Å². The van der Waals surface area contributed by atoms with Crippen molar-refractivity contribution in [3.63, 3.8) is 0 Å². The minimum atomic E-state index is 0.751. The molecule has 32 heavy (non-hydrogen) atoms. The van der Waals surface area contributed by atoms with Gasteiger partial charge in [-0.05, 0) is 43.3 Å².